The molecule has 23 heavy (non-hydrogen) atoms. The van der Waals surface area contributed by atoms with Crippen LogP contribution in [0, 0.1) is 28.9 Å². The maximum absolute atomic E-state index is 4.89. The number of allylic oxidation sites excluding steroid dienone is 8. The van der Waals surface area contributed by atoms with Crippen molar-refractivity contribution in [3.8, 4) is 0 Å². The molecule has 0 aromatic carbocycles. The summed E-state index contributed by atoms with van der Waals surface area (Å²) in [4.78, 5) is 0. The van der Waals surface area contributed by atoms with Crippen LogP contribution in [-0.2, 0) is 17.0 Å². The van der Waals surface area contributed by atoms with Gasteiger partial charge in [0.1, 0.15) is 0 Å². The van der Waals surface area contributed by atoms with Crippen LogP contribution in [-0.4, -0.2) is 0 Å². The maximum atomic E-state index is 4.89. The van der Waals surface area contributed by atoms with E-state index in [2.05, 4.69) is 85.8 Å². The molecule has 0 bridgehead atoms. The number of halogens is 2. The van der Waals surface area contributed by atoms with Crippen molar-refractivity contribution in [2.45, 2.75) is 61.8 Å². The van der Waals surface area contributed by atoms with Crippen molar-refractivity contribution in [1.82, 2.24) is 0 Å². The molecule has 0 aliphatic heterocycles. The zero-order chi connectivity index (χ0) is 18.3. The van der Waals surface area contributed by atoms with E-state index in [9.17, 15) is 0 Å². The zero-order valence-electron chi connectivity index (χ0n) is 15.8. The van der Waals surface area contributed by atoms with Crippen LogP contribution in [0.15, 0.2) is 34.9 Å². The Hall–Kier alpha value is 0.254. The van der Waals surface area contributed by atoms with Crippen molar-refractivity contribution >= 4 is 18.6 Å². The minimum atomic E-state index is -0.556. The molecule has 0 amide bonds. The van der Waals surface area contributed by atoms with Crippen LogP contribution in [0.25, 0.3) is 0 Å². The second-order valence-corrected chi connectivity index (χ2v) is 10.6. The molecule has 130 valence electrons. The van der Waals surface area contributed by atoms with Crippen LogP contribution in [0.1, 0.15) is 61.8 Å². The molecular formula is C20H30Cl2Ti-2. The summed E-state index contributed by atoms with van der Waals surface area (Å²) >= 11 is -0.556. The molecule has 1 unspecified atom stereocenters. The summed E-state index contributed by atoms with van der Waals surface area (Å²) in [6.45, 7) is 17.7. The van der Waals surface area contributed by atoms with Gasteiger partial charge >= 0.3 is 35.6 Å². The first-order chi connectivity index (χ1) is 10.4. The quantitative estimate of drug-likeness (QED) is 0.298. The molecule has 0 aromatic heterocycles. The molecule has 0 N–H and O–H groups in total. The van der Waals surface area contributed by atoms with Crippen molar-refractivity contribution < 1.29 is 17.0 Å². The Bertz CT molecular complexity index is 483. The number of rotatable bonds is 0. The Kier molecular flexibility index (Phi) is 10.4. The Balaban J connectivity index is 0.000000360. The van der Waals surface area contributed by atoms with Gasteiger partial charge in [-0.25, -0.2) is 17.7 Å². The molecule has 0 nitrogen and oxygen atoms in total. The molecular weight excluding hydrogens is 359 g/mol. The molecule has 0 saturated heterocycles. The number of hydrogen-bond donors (Lipinski definition) is 0. The number of hydrogen-bond acceptors (Lipinski definition) is 0. The third-order valence-electron chi connectivity index (χ3n) is 3.71. The summed E-state index contributed by atoms with van der Waals surface area (Å²) in [6.07, 6.45) is 14.2. The second kappa shape index (κ2) is 10.3. The van der Waals surface area contributed by atoms with E-state index < -0.39 is 17.0 Å². The monoisotopic (exact) mass is 388 g/mol. The fraction of sp³-hybridized carbons (Fsp3) is 0.600. The average Bonchev–Trinajstić information content (AvgIpc) is 2.98. The van der Waals surface area contributed by atoms with Gasteiger partial charge in [-0.05, 0) is 5.41 Å². The van der Waals surface area contributed by atoms with Crippen LogP contribution < -0.4 is 0 Å². The molecule has 3 heteroatoms. The van der Waals surface area contributed by atoms with E-state index in [4.69, 9.17) is 18.6 Å². The van der Waals surface area contributed by atoms with Gasteiger partial charge in [-0.2, -0.15) is 17.2 Å². The van der Waals surface area contributed by atoms with Gasteiger partial charge in [-0.15, -0.1) is 6.42 Å². The Morgan fingerprint density at radius 2 is 1.61 bits per heavy atom. The molecule has 0 spiro atoms. The van der Waals surface area contributed by atoms with Gasteiger partial charge in [-0.1, -0.05) is 66.7 Å². The first kappa shape index (κ1) is 23.3. The summed E-state index contributed by atoms with van der Waals surface area (Å²) in [7, 11) is 9.78. The molecule has 0 fully saturated rings. The van der Waals surface area contributed by atoms with Crippen LogP contribution >= 0.6 is 18.6 Å². The molecule has 0 radical (unpaired) electrons. The minimum absolute atomic E-state index is 0.303. The summed E-state index contributed by atoms with van der Waals surface area (Å²) in [5.41, 5.74) is 4.86. The zero-order valence-corrected chi connectivity index (χ0v) is 18.8. The van der Waals surface area contributed by atoms with Crippen molar-refractivity contribution in [2.24, 2.45) is 16.7 Å². The van der Waals surface area contributed by atoms with E-state index in [0.717, 1.165) is 6.42 Å². The molecule has 0 heterocycles. The van der Waals surface area contributed by atoms with Gasteiger partial charge in [0, 0.05) is 0 Å². The van der Waals surface area contributed by atoms with Crippen molar-refractivity contribution in [3.05, 3.63) is 47.1 Å². The summed E-state index contributed by atoms with van der Waals surface area (Å²) in [6, 6.07) is 0. The predicted octanol–water partition coefficient (Wildman–Crippen LogP) is 7.46. The predicted molar refractivity (Wildman–Crippen MR) is 101 cm³/mol. The van der Waals surface area contributed by atoms with Gasteiger partial charge in [0.2, 0.25) is 0 Å². The van der Waals surface area contributed by atoms with Gasteiger partial charge < -0.3 is 0 Å². The van der Waals surface area contributed by atoms with Gasteiger partial charge in [0.25, 0.3) is 0 Å². The Labute approximate surface area is 160 Å². The third-order valence-corrected chi connectivity index (χ3v) is 3.71. The van der Waals surface area contributed by atoms with E-state index in [1.54, 1.807) is 0 Å². The molecule has 2 rings (SSSR count). The summed E-state index contributed by atoms with van der Waals surface area (Å²) in [5, 5.41) is 0. The van der Waals surface area contributed by atoms with Gasteiger partial charge in [0.15, 0.2) is 0 Å². The van der Waals surface area contributed by atoms with Crippen LogP contribution in [0.5, 0.6) is 0 Å². The van der Waals surface area contributed by atoms with Gasteiger partial charge in [0.05, 0.1) is 0 Å². The van der Waals surface area contributed by atoms with Crippen LogP contribution in [0.2, 0.25) is 0 Å². The van der Waals surface area contributed by atoms with Crippen molar-refractivity contribution in [1.29, 1.82) is 0 Å². The van der Waals surface area contributed by atoms with E-state index in [-0.39, 0.29) is 0 Å². The molecule has 1 atom stereocenters. The third kappa shape index (κ3) is 9.97. The van der Waals surface area contributed by atoms with E-state index in [0.29, 0.717) is 16.7 Å². The molecule has 2 aliphatic rings. The summed E-state index contributed by atoms with van der Waals surface area (Å²) in [5.74, 6) is 0.522. The SMILES string of the molecule is CC1=[C-]CC(C(C)(C)C)=C1.CC1[C-]=CC(C(C)(C)C)=C1.[Cl][Ti][Cl]. The molecule has 0 saturated carbocycles. The summed E-state index contributed by atoms with van der Waals surface area (Å²) < 4.78 is 0. The van der Waals surface area contributed by atoms with E-state index >= 15 is 0 Å². The van der Waals surface area contributed by atoms with E-state index in [1.165, 1.54) is 16.7 Å². The average molecular weight is 389 g/mol. The first-order valence-corrected chi connectivity index (χ1v) is 12.3. The first-order valence-electron chi connectivity index (χ1n) is 7.98. The molecule has 0 aromatic rings. The topological polar surface area (TPSA) is 0 Å². The normalized spacial score (nSPS) is 19.7. The Morgan fingerprint density at radius 1 is 1.09 bits per heavy atom. The standard InChI is InChI=1S/2C10H15.2ClH.Ti/c2*1-8-5-6-9(7-8)10(2,3)4;;;/h7H,6H2,1-4H3;6-8H,1-4H3;2*1H;/q2*-1;;;+2/p-2. The van der Waals surface area contributed by atoms with Crippen molar-refractivity contribution in [3.63, 3.8) is 0 Å². The van der Waals surface area contributed by atoms with Crippen molar-refractivity contribution in [2.75, 3.05) is 0 Å². The van der Waals surface area contributed by atoms with Crippen LogP contribution in [0.3, 0.4) is 0 Å². The van der Waals surface area contributed by atoms with Gasteiger partial charge in [-0.3, -0.25) is 12.2 Å². The Morgan fingerprint density at radius 3 is 1.78 bits per heavy atom. The molecule has 2 aliphatic carbocycles. The fourth-order valence-electron chi connectivity index (χ4n) is 2.13. The fourth-order valence-corrected chi connectivity index (χ4v) is 2.13. The van der Waals surface area contributed by atoms with Crippen LogP contribution in [0.4, 0.5) is 0 Å². The van der Waals surface area contributed by atoms with E-state index in [1.807, 2.05) is 0 Å². The second-order valence-electron chi connectivity index (χ2n) is 8.00.